The molecule has 1 aliphatic rings. The van der Waals surface area contributed by atoms with Crippen molar-refractivity contribution in [2.45, 2.75) is 20.3 Å². The molecule has 1 fully saturated rings. The fourth-order valence-corrected chi connectivity index (χ4v) is 2.66. The first-order valence-corrected chi connectivity index (χ1v) is 7.52. The van der Waals surface area contributed by atoms with Crippen molar-refractivity contribution in [2.75, 3.05) is 4.90 Å². The first kappa shape index (κ1) is 14.5. The molecule has 2 aromatic rings. The topological polar surface area (TPSA) is 45.5 Å². The standard InChI is InChI=1S/C17H16N2O2S/c1-3-12-5-4-6-13(9-12)19-16(20)15(18-17(19)22)10-14-8-7-11(2)21-14/h4-10H,3H2,1-2H3,(H,18,22)/b15-10+. The Bertz CT molecular complexity index is 776. The number of nitrogens with one attached hydrogen (secondary N) is 1. The predicted molar refractivity (Wildman–Crippen MR) is 90.5 cm³/mol. The van der Waals surface area contributed by atoms with Gasteiger partial charge in [0.25, 0.3) is 5.91 Å². The molecule has 0 atom stereocenters. The first-order valence-electron chi connectivity index (χ1n) is 7.11. The Morgan fingerprint density at radius 1 is 1.32 bits per heavy atom. The van der Waals surface area contributed by atoms with Crippen LogP contribution in [0.2, 0.25) is 0 Å². The molecule has 1 aromatic carbocycles. The van der Waals surface area contributed by atoms with Crippen LogP contribution < -0.4 is 10.2 Å². The maximum atomic E-state index is 12.6. The molecule has 5 heteroatoms. The van der Waals surface area contributed by atoms with Gasteiger partial charge in [0.05, 0.1) is 5.69 Å². The zero-order valence-electron chi connectivity index (χ0n) is 12.4. The van der Waals surface area contributed by atoms with Crippen molar-refractivity contribution in [3.8, 4) is 0 Å². The van der Waals surface area contributed by atoms with Gasteiger partial charge in [-0.1, -0.05) is 19.1 Å². The van der Waals surface area contributed by atoms with Crippen molar-refractivity contribution < 1.29 is 9.21 Å². The second kappa shape index (κ2) is 5.77. The Hall–Kier alpha value is -2.40. The lowest BCUT2D eigenvalue weighted by Gasteiger charge is -2.14. The highest BCUT2D eigenvalue weighted by Crippen LogP contribution is 2.24. The fraction of sp³-hybridized carbons (Fsp3) is 0.176. The lowest BCUT2D eigenvalue weighted by molar-refractivity contribution is -0.113. The summed E-state index contributed by atoms with van der Waals surface area (Å²) in [7, 11) is 0. The van der Waals surface area contributed by atoms with Gasteiger partial charge < -0.3 is 9.73 Å². The zero-order valence-corrected chi connectivity index (χ0v) is 13.2. The zero-order chi connectivity index (χ0) is 15.7. The van der Waals surface area contributed by atoms with E-state index in [1.165, 1.54) is 4.90 Å². The van der Waals surface area contributed by atoms with Gasteiger partial charge in [-0.05, 0) is 55.4 Å². The Kier molecular flexibility index (Phi) is 3.81. The van der Waals surface area contributed by atoms with Crippen LogP contribution in [0.15, 0.2) is 46.5 Å². The van der Waals surface area contributed by atoms with Gasteiger partial charge in [-0.15, -0.1) is 0 Å². The normalized spacial score (nSPS) is 16.5. The lowest BCUT2D eigenvalue weighted by atomic mass is 10.1. The van der Waals surface area contributed by atoms with Crippen molar-refractivity contribution >= 4 is 35.0 Å². The molecule has 1 N–H and O–H groups in total. The van der Waals surface area contributed by atoms with E-state index in [2.05, 4.69) is 12.2 Å². The summed E-state index contributed by atoms with van der Waals surface area (Å²) >= 11 is 5.30. The molecule has 1 aromatic heterocycles. The molecular weight excluding hydrogens is 296 g/mol. The number of nitrogens with zero attached hydrogens (tertiary/aromatic N) is 1. The van der Waals surface area contributed by atoms with Crippen LogP contribution in [0, 0.1) is 6.92 Å². The van der Waals surface area contributed by atoms with Gasteiger partial charge in [0.1, 0.15) is 17.2 Å². The molecule has 0 bridgehead atoms. The Labute approximate surface area is 134 Å². The van der Waals surface area contributed by atoms with E-state index in [4.69, 9.17) is 16.6 Å². The van der Waals surface area contributed by atoms with Gasteiger partial charge in [0.2, 0.25) is 0 Å². The largest absolute Gasteiger partial charge is 0.462 e. The van der Waals surface area contributed by atoms with Crippen LogP contribution in [0.4, 0.5) is 5.69 Å². The van der Waals surface area contributed by atoms with Crippen LogP contribution in [0.5, 0.6) is 0 Å². The maximum absolute atomic E-state index is 12.6. The number of anilines is 1. The fourth-order valence-electron chi connectivity index (χ4n) is 2.36. The molecular formula is C17H16N2O2S. The SMILES string of the molecule is CCc1cccc(N2C(=O)/C(=C\c3ccc(C)o3)NC2=S)c1. The summed E-state index contributed by atoms with van der Waals surface area (Å²) in [5, 5.41) is 3.34. The first-order chi connectivity index (χ1) is 10.6. The molecule has 4 nitrogen and oxygen atoms in total. The highest BCUT2D eigenvalue weighted by atomic mass is 32.1. The third-order valence-corrected chi connectivity index (χ3v) is 3.79. The van der Waals surface area contributed by atoms with E-state index in [-0.39, 0.29) is 5.91 Å². The molecule has 0 aliphatic carbocycles. The van der Waals surface area contributed by atoms with Crippen molar-refractivity contribution in [2.24, 2.45) is 0 Å². The van der Waals surface area contributed by atoms with Crippen molar-refractivity contribution in [3.63, 3.8) is 0 Å². The Morgan fingerprint density at radius 2 is 2.14 bits per heavy atom. The number of hydrogen-bond acceptors (Lipinski definition) is 3. The molecule has 0 saturated carbocycles. The lowest BCUT2D eigenvalue weighted by Crippen LogP contribution is -2.30. The molecule has 1 aliphatic heterocycles. The summed E-state index contributed by atoms with van der Waals surface area (Å²) in [5.74, 6) is 1.25. The average Bonchev–Trinajstić information content (AvgIpc) is 3.03. The summed E-state index contributed by atoms with van der Waals surface area (Å²) in [5.41, 5.74) is 2.36. The molecule has 0 unspecified atom stereocenters. The molecule has 3 rings (SSSR count). The summed E-state index contributed by atoms with van der Waals surface area (Å²) in [6.07, 6.45) is 2.58. The van der Waals surface area contributed by atoms with Crippen LogP contribution in [0.3, 0.4) is 0 Å². The summed E-state index contributed by atoms with van der Waals surface area (Å²) in [6.45, 7) is 3.94. The smallest absolute Gasteiger partial charge is 0.281 e. The van der Waals surface area contributed by atoms with E-state index in [9.17, 15) is 4.79 Å². The number of carbonyl (C=O) groups is 1. The number of hydrogen-bond donors (Lipinski definition) is 1. The highest BCUT2D eigenvalue weighted by Gasteiger charge is 2.32. The van der Waals surface area contributed by atoms with Gasteiger partial charge in [-0.2, -0.15) is 0 Å². The third kappa shape index (κ3) is 2.67. The second-order valence-corrected chi connectivity index (χ2v) is 5.49. The third-order valence-electron chi connectivity index (χ3n) is 3.50. The maximum Gasteiger partial charge on any atom is 0.281 e. The van der Waals surface area contributed by atoms with E-state index in [0.717, 1.165) is 23.4 Å². The second-order valence-electron chi connectivity index (χ2n) is 5.10. The van der Waals surface area contributed by atoms with E-state index < -0.39 is 0 Å². The van der Waals surface area contributed by atoms with Gasteiger partial charge in [0.15, 0.2) is 5.11 Å². The molecule has 0 radical (unpaired) electrons. The van der Waals surface area contributed by atoms with Gasteiger partial charge >= 0.3 is 0 Å². The van der Waals surface area contributed by atoms with Crippen LogP contribution in [0.25, 0.3) is 6.08 Å². The van der Waals surface area contributed by atoms with Crippen LogP contribution in [-0.4, -0.2) is 11.0 Å². The number of amides is 1. The number of furan rings is 1. The number of benzene rings is 1. The number of rotatable bonds is 3. The summed E-state index contributed by atoms with van der Waals surface area (Å²) < 4.78 is 5.48. The predicted octanol–water partition coefficient (Wildman–Crippen LogP) is 3.41. The minimum Gasteiger partial charge on any atom is -0.462 e. The monoisotopic (exact) mass is 312 g/mol. The van der Waals surface area contributed by atoms with Crippen LogP contribution in [0.1, 0.15) is 24.0 Å². The highest BCUT2D eigenvalue weighted by molar-refractivity contribution is 7.80. The van der Waals surface area contributed by atoms with E-state index in [1.54, 1.807) is 6.08 Å². The average molecular weight is 312 g/mol. The van der Waals surface area contributed by atoms with E-state index in [0.29, 0.717) is 16.6 Å². The molecule has 1 saturated heterocycles. The summed E-state index contributed by atoms with van der Waals surface area (Å²) in [4.78, 5) is 14.1. The molecule has 2 heterocycles. The molecule has 0 spiro atoms. The van der Waals surface area contributed by atoms with Gasteiger partial charge in [-0.3, -0.25) is 9.69 Å². The minimum absolute atomic E-state index is 0.174. The van der Waals surface area contributed by atoms with Crippen molar-refractivity contribution in [3.05, 3.63) is 59.2 Å². The number of carbonyl (C=O) groups excluding carboxylic acids is 1. The molecule has 1 amide bonds. The van der Waals surface area contributed by atoms with Crippen molar-refractivity contribution in [1.82, 2.24) is 5.32 Å². The molecule has 22 heavy (non-hydrogen) atoms. The Balaban J connectivity index is 1.92. The number of aryl methyl sites for hydroxylation is 2. The van der Waals surface area contributed by atoms with Gasteiger partial charge in [0, 0.05) is 6.08 Å². The Morgan fingerprint density at radius 3 is 2.82 bits per heavy atom. The summed E-state index contributed by atoms with van der Waals surface area (Å²) in [6, 6.07) is 11.5. The van der Waals surface area contributed by atoms with E-state index in [1.807, 2.05) is 43.3 Å². The number of thiocarbonyl (C=S) groups is 1. The van der Waals surface area contributed by atoms with Crippen LogP contribution >= 0.6 is 12.2 Å². The van der Waals surface area contributed by atoms with Crippen molar-refractivity contribution in [1.29, 1.82) is 0 Å². The minimum atomic E-state index is -0.174. The van der Waals surface area contributed by atoms with E-state index >= 15 is 0 Å². The molecule has 112 valence electrons. The van der Waals surface area contributed by atoms with Crippen LogP contribution in [-0.2, 0) is 11.2 Å². The quantitative estimate of drug-likeness (QED) is 0.697. The van der Waals surface area contributed by atoms with Gasteiger partial charge in [-0.25, -0.2) is 0 Å².